The van der Waals surface area contributed by atoms with Gasteiger partial charge in [-0.15, -0.1) is 0 Å². The average Bonchev–Trinajstić information content (AvgIpc) is 3.18. The first-order chi connectivity index (χ1) is 17.3. The number of carboxylic acids is 1. The molecule has 0 saturated heterocycles. The van der Waals surface area contributed by atoms with Crippen LogP contribution < -0.4 is 9.47 Å². The topological polar surface area (TPSA) is 118 Å². The number of cyclic esters (lactones) is 1. The second-order valence-electron chi connectivity index (χ2n) is 10.2. The summed E-state index contributed by atoms with van der Waals surface area (Å²) in [4.78, 5) is 24.7. The summed E-state index contributed by atoms with van der Waals surface area (Å²) >= 11 is 0. The lowest BCUT2D eigenvalue weighted by molar-refractivity contribution is -0.137. The van der Waals surface area contributed by atoms with Gasteiger partial charge in [0.25, 0.3) is 0 Å². The number of carbonyl (C=O) groups is 2. The van der Waals surface area contributed by atoms with E-state index in [4.69, 9.17) is 23.3 Å². The van der Waals surface area contributed by atoms with E-state index >= 15 is 0 Å². The molecule has 0 amide bonds. The van der Waals surface area contributed by atoms with Gasteiger partial charge in [0.15, 0.2) is 5.66 Å². The number of hydrogen-bond acceptors (Lipinski definition) is 8. The van der Waals surface area contributed by atoms with Crippen LogP contribution in [0.3, 0.4) is 0 Å². The number of carboxylic acid groups (broad SMARTS) is 1. The average molecular weight is 557 g/mol. The van der Waals surface area contributed by atoms with Crippen molar-refractivity contribution in [2.24, 2.45) is 0 Å². The molecule has 0 radical (unpaired) electrons. The van der Waals surface area contributed by atoms with Gasteiger partial charge in [-0.05, 0) is 52.1 Å². The fraction of sp³-hybridized carbons (Fsp3) is 0.615. The van der Waals surface area contributed by atoms with E-state index in [0.717, 1.165) is 17.2 Å². The van der Waals surface area contributed by atoms with Crippen LogP contribution >= 0.6 is 7.60 Å². The Kier molecular flexibility index (Phi) is 11.0. The molecule has 11 heteroatoms. The Morgan fingerprint density at radius 1 is 1.19 bits per heavy atom. The minimum Gasteiger partial charge on any atom is -0.496 e. The number of methoxy groups -OCH3 is 1. The van der Waals surface area contributed by atoms with Crippen LogP contribution in [-0.2, 0) is 36.2 Å². The molecule has 0 spiro atoms. The second kappa shape index (κ2) is 13.1. The van der Waals surface area contributed by atoms with Crippen LogP contribution in [0.15, 0.2) is 11.6 Å². The highest BCUT2D eigenvalue weighted by Gasteiger charge is 2.41. The molecule has 208 valence electrons. The van der Waals surface area contributed by atoms with Crippen LogP contribution in [0.2, 0.25) is 25.7 Å². The first kappa shape index (κ1) is 31.1. The van der Waals surface area contributed by atoms with Crippen molar-refractivity contribution >= 4 is 27.6 Å². The zero-order valence-electron chi connectivity index (χ0n) is 23.3. The molecule has 1 heterocycles. The van der Waals surface area contributed by atoms with Crippen molar-refractivity contribution < 1.29 is 42.5 Å². The molecule has 37 heavy (non-hydrogen) atoms. The number of rotatable bonds is 15. The molecular formula is C26H41O9PSi. The zero-order valence-corrected chi connectivity index (χ0v) is 25.2. The highest BCUT2D eigenvalue weighted by molar-refractivity contribution is 7.55. The maximum atomic E-state index is 13.2. The van der Waals surface area contributed by atoms with Crippen LogP contribution in [-0.4, -0.2) is 57.7 Å². The monoisotopic (exact) mass is 556 g/mol. The number of hydrogen-bond donors (Lipinski definition) is 1. The van der Waals surface area contributed by atoms with Gasteiger partial charge in [-0.2, -0.15) is 0 Å². The number of allylic oxidation sites excluding steroid dienone is 2. The van der Waals surface area contributed by atoms with E-state index in [1.807, 2.05) is 13.0 Å². The number of benzene rings is 1. The molecule has 0 saturated carbocycles. The Hall–Kier alpha value is -2.13. The van der Waals surface area contributed by atoms with E-state index in [0.29, 0.717) is 41.2 Å². The van der Waals surface area contributed by atoms with E-state index < -0.39 is 33.3 Å². The molecule has 1 N–H and O–H groups in total. The van der Waals surface area contributed by atoms with Gasteiger partial charge in [-0.3, -0.25) is 9.36 Å². The van der Waals surface area contributed by atoms with Gasteiger partial charge < -0.3 is 28.4 Å². The lowest BCUT2D eigenvalue weighted by Crippen LogP contribution is -2.24. The van der Waals surface area contributed by atoms with Gasteiger partial charge in [0, 0.05) is 19.2 Å². The predicted molar refractivity (Wildman–Crippen MR) is 145 cm³/mol. The summed E-state index contributed by atoms with van der Waals surface area (Å²) in [6, 6.07) is 0.908. The smallest absolute Gasteiger partial charge is 0.345 e. The predicted octanol–water partition coefficient (Wildman–Crippen LogP) is 5.99. The van der Waals surface area contributed by atoms with Gasteiger partial charge >= 0.3 is 19.5 Å². The van der Waals surface area contributed by atoms with Gasteiger partial charge in [-0.25, -0.2) is 4.79 Å². The Bertz CT molecular complexity index is 1070. The molecule has 1 aliphatic rings. The van der Waals surface area contributed by atoms with Gasteiger partial charge in [0.05, 0.1) is 26.9 Å². The second-order valence-corrected chi connectivity index (χ2v) is 18.1. The Balaban J connectivity index is 2.47. The fourth-order valence-electron chi connectivity index (χ4n) is 4.20. The lowest BCUT2D eigenvalue weighted by atomic mass is 9.94. The maximum Gasteiger partial charge on any atom is 0.345 e. The van der Waals surface area contributed by atoms with Gasteiger partial charge in [-0.1, -0.05) is 31.3 Å². The van der Waals surface area contributed by atoms with E-state index in [9.17, 15) is 19.3 Å². The summed E-state index contributed by atoms with van der Waals surface area (Å²) in [5.74, 6) is -0.618. The SMILES string of the molecule is CCOP(=O)(OCC)C(CC(C)=CCc1c(OC)c(C)c2c(c1OCC[Si](C)(C)C)C(=O)OC2)C(=O)O. The molecule has 2 rings (SSSR count). The van der Waals surface area contributed by atoms with Crippen molar-refractivity contribution in [3.8, 4) is 11.5 Å². The third-order valence-electron chi connectivity index (χ3n) is 6.18. The van der Waals surface area contributed by atoms with Gasteiger partial charge in [0.1, 0.15) is 23.7 Å². The van der Waals surface area contributed by atoms with E-state index in [2.05, 4.69) is 19.6 Å². The number of carbonyl (C=O) groups excluding carboxylic acids is 1. The molecule has 1 aliphatic heterocycles. The Morgan fingerprint density at radius 3 is 2.32 bits per heavy atom. The van der Waals surface area contributed by atoms with Crippen LogP contribution in [0.5, 0.6) is 11.5 Å². The van der Waals surface area contributed by atoms with Crippen molar-refractivity contribution in [2.45, 2.75) is 78.5 Å². The van der Waals surface area contributed by atoms with Crippen molar-refractivity contribution in [3.63, 3.8) is 0 Å². The van der Waals surface area contributed by atoms with E-state index in [1.54, 1.807) is 27.9 Å². The summed E-state index contributed by atoms with van der Waals surface area (Å²) in [5.41, 5.74) is 2.03. The molecule has 0 fully saturated rings. The fourth-order valence-corrected chi connectivity index (χ4v) is 6.86. The number of ether oxygens (including phenoxy) is 3. The number of aliphatic carboxylic acids is 1. The number of fused-ring (bicyclic) bond motifs is 1. The Labute approximate surface area is 221 Å². The zero-order chi connectivity index (χ0) is 28.0. The van der Waals surface area contributed by atoms with Crippen LogP contribution in [0.1, 0.15) is 54.2 Å². The van der Waals surface area contributed by atoms with Crippen molar-refractivity contribution in [2.75, 3.05) is 26.9 Å². The van der Waals surface area contributed by atoms with Gasteiger partial charge in [0.2, 0.25) is 0 Å². The highest BCUT2D eigenvalue weighted by Crippen LogP contribution is 2.55. The minimum atomic E-state index is -3.86. The molecular weight excluding hydrogens is 515 g/mol. The quantitative estimate of drug-likeness (QED) is 0.120. The molecule has 0 aliphatic carbocycles. The summed E-state index contributed by atoms with van der Waals surface area (Å²) in [7, 11) is -3.69. The molecule has 1 aromatic rings. The highest BCUT2D eigenvalue weighted by atomic mass is 31.2. The van der Waals surface area contributed by atoms with E-state index in [-0.39, 0.29) is 26.2 Å². The largest absolute Gasteiger partial charge is 0.496 e. The van der Waals surface area contributed by atoms with Crippen LogP contribution in [0.4, 0.5) is 0 Å². The van der Waals surface area contributed by atoms with Crippen LogP contribution in [0.25, 0.3) is 0 Å². The van der Waals surface area contributed by atoms with E-state index in [1.165, 1.54) is 0 Å². The third kappa shape index (κ3) is 7.69. The third-order valence-corrected chi connectivity index (χ3v) is 10.3. The molecule has 1 atom stereocenters. The lowest BCUT2D eigenvalue weighted by Gasteiger charge is -2.24. The molecule has 0 aromatic heterocycles. The summed E-state index contributed by atoms with van der Waals surface area (Å²) < 4.78 is 41.1. The van der Waals surface area contributed by atoms with Crippen molar-refractivity contribution in [3.05, 3.63) is 33.9 Å². The molecule has 1 aromatic carbocycles. The van der Waals surface area contributed by atoms with Crippen LogP contribution in [0, 0.1) is 6.92 Å². The summed E-state index contributed by atoms with van der Waals surface area (Å²) in [6.07, 6.45) is 2.14. The minimum absolute atomic E-state index is 0.0211. The molecule has 0 bridgehead atoms. The maximum absolute atomic E-state index is 13.2. The first-order valence-electron chi connectivity index (χ1n) is 12.6. The summed E-state index contributed by atoms with van der Waals surface area (Å²) in [6.45, 7) is 14.5. The van der Waals surface area contributed by atoms with Crippen molar-refractivity contribution in [1.82, 2.24) is 0 Å². The first-order valence-corrected chi connectivity index (χ1v) is 17.9. The molecule has 9 nitrogen and oxygen atoms in total. The summed E-state index contributed by atoms with van der Waals surface area (Å²) in [5, 5.41) is 9.81. The Morgan fingerprint density at radius 2 is 1.81 bits per heavy atom. The normalized spacial score (nSPS) is 14.8. The number of esters is 1. The van der Waals surface area contributed by atoms with Crippen molar-refractivity contribution in [1.29, 1.82) is 0 Å². The standard InChI is InChI=1S/C26H41O9PSi/c1-9-34-36(30,35-10-2)21(25(27)28)15-17(3)11-12-19-23(31-5)18(4)20-16-33-26(29)22(20)24(19)32-13-14-37(6,7)8/h11,21H,9-10,12-16H2,1-8H3,(H,27,28). The molecule has 1 unspecified atom stereocenters.